The molecule has 122 valence electrons. The Balaban J connectivity index is 1.87. The van der Waals surface area contributed by atoms with Gasteiger partial charge >= 0.3 is 0 Å². The molecule has 23 heavy (non-hydrogen) atoms. The minimum Gasteiger partial charge on any atom is -0.377 e. The SMILES string of the molecule is CNS(=O)(=O)c1ccc(N[C@@H]2CCCc3ccccc32)c(Br)c1. The van der Waals surface area contributed by atoms with Gasteiger partial charge in [-0.15, -0.1) is 0 Å². The van der Waals surface area contributed by atoms with Crippen LogP contribution in [0, 0.1) is 0 Å². The van der Waals surface area contributed by atoms with Gasteiger partial charge in [0.05, 0.1) is 10.9 Å². The Bertz CT molecular complexity index is 821. The molecular formula is C17H19BrN2O2S. The monoisotopic (exact) mass is 394 g/mol. The van der Waals surface area contributed by atoms with Crippen LogP contribution in [-0.2, 0) is 16.4 Å². The number of aryl methyl sites for hydroxylation is 1. The fourth-order valence-electron chi connectivity index (χ4n) is 2.99. The number of anilines is 1. The van der Waals surface area contributed by atoms with Crippen molar-refractivity contribution in [2.45, 2.75) is 30.2 Å². The summed E-state index contributed by atoms with van der Waals surface area (Å²) in [6.07, 6.45) is 3.34. The highest BCUT2D eigenvalue weighted by atomic mass is 79.9. The van der Waals surface area contributed by atoms with Crippen molar-refractivity contribution in [3.63, 3.8) is 0 Å². The Hall–Kier alpha value is -1.37. The second-order valence-electron chi connectivity index (χ2n) is 5.64. The summed E-state index contributed by atoms with van der Waals surface area (Å²) >= 11 is 3.48. The Morgan fingerprint density at radius 3 is 2.70 bits per heavy atom. The largest absolute Gasteiger partial charge is 0.377 e. The van der Waals surface area contributed by atoms with Gasteiger partial charge < -0.3 is 5.32 Å². The van der Waals surface area contributed by atoms with E-state index in [1.54, 1.807) is 12.1 Å². The number of halogens is 1. The molecule has 0 saturated carbocycles. The van der Waals surface area contributed by atoms with Crippen LogP contribution in [0.5, 0.6) is 0 Å². The van der Waals surface area contributed by atoms with Crippen LogP contribution < -0.4 is 10.0 Å². The Labute approximate surface area is 145 Å². The topological polar surface area (TPSA) is 58.2 Å². The van der Waals surface area contributed by atoms with E-state index in [9.17, 15) is 8.42 Å². The van der Waals surface area contributed by atoms with Crippen LogP contribution in [0.3, 0.4) is 0 Å². The highest BCUT2D eigenvalue weighted by Gasteiger charge is 2.21. The van der Waals surface area contributed by atoms with Crippen LogP contribution >= 0.6 is 15.9 Å². The molecule has 0 bridgehead atoms. The molecule has 0 radical (unpaired) electrons. The van der Waals surface area contributed by atoms with Crippen LogP contribution in [0.15, 0.2) is 51.8 Å². The van der Waals surface area contributed by atoms with Crippen molar-refractivity contribution >= 4 is 31.6 Å². The molecule has 1 aliphatic carbocycles. The van der Waals surface area contributed by atoms with Gasteiger partial charge in [0.25, 0.3) is 0 Å². The van der Waals surface area contributed by atoms with Gasteiger partial charge in [-0.2, -0.15) is 0 Å². The van der Waals surface area contributed by atoms with Gasteiger partial charge in [0.2, 0.25) is 10.0 Å². The minimum atomic E-state index is -3.43. The fourth-order valence-corrected chi connectivity index (χ4v) is 4.39. The average molecular weight is 395 g/mol. The Kier molecular flexibility index (Phi) is 4.75. The summed E-state index contributed by atoms with van der Waals surface area (Å²) in [7, 11) is -2.02. The molecule has 1 atom stereocenters. The fraction of sp³-hybridized carbons (Fsp3) is 0.294. The van der Waals surface area contributed by atoms with E-state index >= 15 is 0 Å². The quantitative estimate of drug-likeness (QED) is 0.827. The zero-order valence-corrected chi connectivity index (χ0v) is 15.2. The van der Waals surface area contributed by atoms with Gasteiger partial charge in [-0.1, -0.05) is 24.3 Å². The van der Waals surface area contributed by atoms with Crippen molar-refractivity contribution in [2.24, 2.45) is 0 Å². The summed E-state index contributed by atoms with van der Waals surface area (Å²) in [4.78, 5) is 0.251. The highest BCUT2D eigenvalue weighted by molar-refractivity contribution is 9.10. The summed E-state index contributed by atoms with van der Waals surface area (Å²) in [5.74, 6) is 0. The van der Waals surface area contributed by atoms with E-state index in [0.717, 1.165) is 29.4 Å². The van der Waals surface area contributed by atoms with Crippen LogP contribution in [-0.4, -0.2) is 15.5 Å². The van der Waals surface area contributed by atoms with Crippen molar-refractivity contribution in [1.29, 1.82) is 0 Å². The number of rotatable bonds is 4. The molecule has 0 fully saturated rings. The maximum atomic E-state index is 11.9. The molecule has 0 saturated heterocycles. The van der Waals surface area contributed by atoms with E-state index in [4.69, 9.17) is 0 Å². The number of hydrogen-bond donors (Lipinski definition) is 2. The summed E-state index contributed by atoms with van der Waals surface area (Å²) in [6, 6.07) is 13.8. The molecule has 0 aliphatic heterocycles. The number of hydrogen-bond acceptors (Lipinski definition) is 3. The second kappa shape index (κ2) is 6.63. The van der Waals surface area contributed by atoms with Crippen LogP contribution in [0.4, 0.5) is 5.69 Å². The van der Waals surface area contributed by atoms with E-state index < -0.39 is 10.0 Å². The van der Waals surface area contributed by atoms with Gasteiger partial charge in [0.15, 0.2) is 0 Å². The van der Waals surface area contributed by atoms with E-state index in [1.165, 1.54) is 18.2 Å². The van der Waals surface area contributed by atoms with Crippen LogP contribution in [0.2, 0.25) is 0 Å². The second-order valence-corrected chi connectivity index (χ2v) is 8.38. The van der Waals surface area contributed by atoms with Gasteiger partial charge in [0.1, 0.15) is 0 Å². The molecule has 2 aromatic carbocycles. The smallest absolute Gasteiger partial charge is 0.240 e. The third-order valence-corrected chi connectivity index (χ3v) is 6.29. The molecule has 2 aromatic rings. The summed E-state index contributed by atoms with van der Waals surface area (Å²) in [5, 5.41) is 3.54. The first kappa shape index (κ1) is 16.5. The zero-order chi connectivity index (χ0) is 16.4. The number of benzene rings is 2. The zero-order valence-electron chi connectivity index (χ0n) is 12.8. The summed E-state index contributed by atoms with van der Waals surface area (Å²) < 4.78 is 26.8. The van der Waals surface area contributed by atoms with Gasteiger partial charge in [-0.25, -0.2) is 13.1 Å². The minimum absolute atomic E-state index is 0.251. The maximum absolute atomic E-state index is 11.9. The molecule has 0 spiro atoms. The third-order valence-electron chi connectivity index (χ3n) is 4.22. The van der Waals surface area contributed by atoms with Crippen molar-refractivity contribution in [3.05, 3.63) is 58.1 Å². The lowest BCUT2D eigenvalue weighted by Gasteiger charge is -2.27. The molecular weight excluding hydrogens is 376 g/mol. The standard InChI is InChI=1S/C17H19BrN2O2S/c1-19-23(21,22)13-9-10-17(15(18)11-13)20-16-8-4-6-12-5-2-3-7-14(12)16/h2-3,5,7,9-11,16,19-20H,4,6,8H2,1H3/t16-/m1/s1. The lowest BCUT2D eigenvalue weighted by molar-refractivity contribution is 0.588. The normalized spacial score (nSPS) is 17.6. The van der Waals surface area contributed by atoms with E-state index in [2.05, 4.69) is 50.2 Å². The lowest BCUT2D eigenvalue weighted by Crippen LogP contribution is -2.19. The van der Waals surface area contributed by atoms with Crippen molar-refractivity contribution in [2.75, 3.05) is 12.4 Å². The lowest BCUT2D eigenvalue weighted by atomic mass is 9.87. The summed E-state index contributed by atoms with van der Waals surface area (Å²) in [6.45, 7) is 0. The molecule has 4 nitrogen and oxygen atoms in total. The molecule has 0 heterocycles. The molecule has 0 aromatic heterocycles. The maximum Gasteiger partial charge on any atom is 0.240 e. The predicted molar refractivity (Wildman–Crippen MR) is 96.1 cm³/mol. The van der Waals surface area contributed by atoms with Crippen molar-refractivity contribution in [3.8, 4) is 0 Å². The van der Waals surface area contributed by atoms with E-state index in [0.29, 0.717) is 0 Å². The van der Waals surface area contributed by atoms with Gasteiger partial charge in [-0.05, 0) is 71.6 Å². The summed E-state index contributed by atoms with van der Waals surface area (Å²) in [5.41, 5.74) is 3.63. The third kappa shape index (κ3) is 3.44. The van der Waals surface area contributed by atoms with Crippen molar-refractivity contribution in [1.82, 2.24) is 4.72 Å². The molecule has 1 aliphatic rings. The van der Waals surface area contributed by atoms with Gasteiger partial charge in [0, 0.05) is 10.2 Å². The molecule has 6 heteroatoms. The van der Waals surface area contributed by atoms with E-state index in [-0.39, 0.29) is 10.9 Å². The molecule has 3 rings (SSSR count). The first-order chi connectivity index (χ1) is 11.0. The Morgan fingerprint density at radius 1 is 1.17 bits per heavy atom. The number of fused-ring (bicyclic) bond motifs is 1. The molecule has 0 amide bonds. The highest BCUT2D eigenvalue weighted by Crippen LogP contribution is 2.35. The number of sulfonamides is 1. The Morgan fingerprint density at radius 2 is 1.96 bits per heavy atom. The van der Waals surface area contributed by atoms with Gasteiger partial charge in [-0.3, -0.25) is 0 Å². The van der Waals surface area contributed by atoms with Crippen molar-refractivity contribution < 1.29 is 8.42 Å². The average Bonchev–Trinajstić information content (AvgIpc) is 2.57. The first-order valence-electron chi connectivity index (χ1n) is 7.59. The molecule has 0 unspecified atom stereocenters. The first-order valence-corrected chi connectivity index (χ1v) is 9.86. The van der Waals surface area contributed by atoms with E-state index in [1.807, 2.05) is 6.07 Å². The predicted octanol–water partition coefficient (Wildman–Crippen LogP) is 3.85. The molecule has 2 N–H and O–H groups in total. The van der Waals surface area contributed by atoms with Crippen LogP contribution in [0.25, 0.3) is 0 Å². The van der Waals surface area contributed by atoms with Crippen LogP contribution in [0.1, 0.15) is 30.0 Å². The number of nitrogens with one attached hydrogen (secondary N) is 2.